The highest BCUT2D eigenvalue weighted by atomic mass is 32.2. The van der Waals surface area contributed by atoms with Crippen molar-refractivity contribution in [1.29, 1.82) is 0 Å². The molecule has 0 aliphatic carbocycles. The van der Waals surface area contributed by atoms with Crippen LogP contribution in [0.1, 0.15) is 20.8 Å². The van der Waals surface area contributed by atoms with Crippen molar-refractivity contribution in [3.05, 3.63) is 47.9 Å². The number of hydrazone groups is 1. The van der Waals surface area contributed by atoms with Crippen LogP contribution in [-0.2, 0) is 10.1 Å². The first-order valence-corrected chi connectivity index (χ1v) is 8.60. The molecule has 0 atom stereocenters. The van der Waals surface area contributed by atoms with Crippen LogP contribution in [0.15, 0.2) is 57.9 Å². The van der Waals surface area contributed by atoms with Crippen molar-refractivity contribution in [3.8, 4) is 0 Å². The molecular weight excluding hydrogens is 328 g/mol. The second-order valence-electron chi connectivity index (χ2n) is 5.53. The first kappa shape index (κ1) is 17.8. The van der Waals surface area contributed by atoms with E-state index >= 15 is 0 Å². The number of rotatable bonds is 4. The van der Waals surface area contributed by atoms with E-state index in [0.717, 1.165) is 5.71 Å². The lowest BCUT2D eigenvalue weighted by Gasteiger charge is -2.23. The number of allylic oxidation sites excluding steroid dienone is 1. The monoisotopic (exact) mass is 348 g/mol. The van der Waals surface area contributed by atoms with Crippen LogP contribution in [0.3, 0.4) is 0 Å². The molecule has 128 valence electrons. The molecule has 0 amide bonds. The molecule has 2 aromatic carbocycles. The van der Waals surface area contributed by atoms with Gasteiger partial charge in [-0.05, 0) is 32.9 Å². The third-order valence-corrected chi connectivity index (χ3v) is 4.21. The molecular formula is C16H20N4O3S. The molecule has 0 aliphatic rings. The standard InChI is InChI=1S/C16H20N4O3S/c1-10(2)19-20(16(18)11(3)17)14-8-9-15(24(21,22)23)13-7-5-4-6-12(13)14/h4-9H,17-18H2,1-3H3,(H,21,22,23)/b16-11+. The molecule has 0 fully saturated rings. The SMILES string of the molecule is CC(C)=NN(/C(N)=C(\C)N)c1ccc(S(=O)(=O)O)c2ccccc12. The fraction of sp³-hybridized carbons (Fsp3) is 0.188. The number of anilines is 1. The molecule has 5 N–H and O–H groups in total. The highest BCUT2D eigenvalue weighted by Crippen LogP contribution is 2.33. The average molecular weight is 348 g/mol. The van der Waals surface area contributed by atoms with Crippen LogP contribution in [0.5, 0.6) is 0 Å². The molecule has 24 heavy (non-hydrogen) atoms. The van der Waals surface area contributed by atoms with Crippen LogP contribution in [0.4, 0.5) is 5.69 Å². The molecule has 0 saturated heterocycles. The lowest BCUT2D eigenvalue weighted by molar-refractivity contribution is 0.484. The van der Waals surface area contributed by atoms with Gasteiger partial charge in [0.25, 0.3) is 10.1 Å². The Balaban J connectivity index is 2.86. The van der Waals surface area contributed by atoms with Crippen LogP contribution in [0, 0.1) is 0 Å². The Kier molecular flexibility index (Phi) is 4.81. The largest absolute Gasteiger partial charge is 0.399 e. The summed E-state index contributed by atoms with van der Waals surface area (Å²) in [6, 6.07) is 9.64. The number of hydrogen-bond acceptors (Lipinski definition) is 6. The van der Waals surface area contributed by atoms with E-state index in [1.807, 2.05) is 0 Å². The maximum Gasteiger partial charge on any atom is 0.295 e. The minimum Gasteiger partial charge on any atom is -0.399 e. The Morgan fingerprint density at radius 3 is 2.12 bits per heavy atom. The third kappa shape index (κ3) is 3.50. The van der Waals surface area contributed by atoms with E-state index in [1.54, 1.807) is 45.0 Å². The van der Waals surface area contributed by atoms with E-state index in [1.165, 1.54) is 17.1 Å². The van der Waals surface area contributed by atoms with Gasteiger partial charge in [-0.3, -0.25) is 4.55 Å². The van der Waals surface area contributed by atoms with E-state index in [2.05, 4.69) is 5.10 Å². The molecule has 2 rings (SSSR count). The molecule has 0 aliphatic heterocycles. The van der Waals surface area contributed by atoms with Gasteiger partial charge in [-0.2, -0.15) is 13.5 Å². The van der Waals surface area contributed by atoms with Crippen molar-refractivity contribution >= 4 is 32.3 Å². The predicted molar refractivity (Wildman–Crippen MR) is 96.1 cm³/mol. The summed E-state index contributed by atoms with van der Waals surface area (Å²) in [4.78, 5) is -0.175. The Hall–Kier alpha value is -2.58. The zero-order valence-corrected chi connectivity index (χ0v) is 14.5. The minimum absolute atomic E-state index is 0.175. The summed E-state index contributed by atoms with van der Waals surface area (Å²) in [5, 5.41) is 6.79. The lowest BCUT2D eigenvalue weighted by Crippen LogP contribution is -2.27. The summed E-state index contributed by atoms with van der Waals surface area (Å²) >= 11 is 0. The molecule has 0 aromatic heterocycles. The van der Waals surface area contributed by atoms with E-state index in [-0.39, 0.29) is 10.7 Å². The van der Waals surface area contributed by atoms with Gasteiger partial charge in [0, 0.05) is 22.2 Å². The highest BCUT2D eigenvalue weighted by Gasteiger charge is 2.19. The van der Waals surface area contributed by atoms with Gasteiger partial charge in [-0.15, -0.1) is 0 Å². The molecule has 0 radical (unpaired) electrons. The molecule has 7 nitrogen and oxygen atoms in total. The predicted octanol–water partition coefficient (Wildman–Crippen LogP) is 2.40. The van der Waals surface area contributed by atoms with E-state index in [4.69, 9.17) is 11.5 Å². The summed E-state index contributed by atoms with van der Waals surface area (Å²) < 4.78 is 32.7. The van der Waals surface area contributed by atoms with Gasteiger partial charge in [0.1, 0.15) is 10.7 Å². The number of hydrogen-bond donors (Lipinski definition) is 3. The quantitative estimate of drug-likeness (QED) is 0.443. The van der Waals surface area contributed by atoms with Crippen molar-refractivity contribution in [2.75, 3.05) is 5.01 Å². The molecule has 8 heteroatoms. The van der Waals surface area contributed by atoms with Gasteiger partial charge < -0.3 is 11.5 Å². The second-order valence-corrected chi connectivity index (χ2v) is 6.92. The second kappa shape index (κ2) is 6.50. The van der Waals surface area contributed by atoms with E-state index < -0.39 is 10.1 Å². The topological polar surface area (TPSA) is 122 Å². The van der Waals surface area contributed by atoms with Gasteiger partial charge in [0.2, 0.25) is 0 Å². The van der Waals surface area contributed by atoms with Gasteiger partial charge in [0.15, 0.2) is 0 Å². The lowest BCUT2D eigenvalue weighted by atomic mass is 10.1. The Labute approximate surface area is 141 Å². The Morgan fingerprint density at radius 2 is 1.62 bits per heavy atom. The average Bonchev–Trinajstić information content (AvgIpc) is 2.49. The van der Waals surface area contributed by atoms with Crippen LogP contribution in [0.2, 0.25) is 0 Å². The molecule has 2 aromatic rings. The third-order valence-electron chi connectivity index (χ3n) is 3.30. The summed E-state index contributed by atoms with van der Waals surface area (Å²) in [5.41, 5.74) is 13.5. The normalized spacial score (nSPS) is 12.7. The molecule has 0 unspecified atom stereocenters. The maximum absolute atomic E-state index is 11.6. The van der Waals surface area contributed by atoms with Crippen molar-refractivity contribution in [1.82, 2.24) is 0 Å². The number of benzene rings is 2. The first-order chi connectivity index (χ1) is 11.1. The van der Waals surface area contributed by atoms with Gasteiger partial charge in [-0.1, -0.05) is 24.3 Å². The van der Waals surface area contributed by atoms with E-state index in [0.29, 0.717) is 22.2 Å². The van der Waals surface area contributed by atoms with Crippen LogP contribution in [0.25, 0.3) is 10.8 Å². The van der Waals surface area contributed by atoms with Crippen molar-refractivity contribution in [2.24, 2.45) is 16.6 Å². The maximum atomic E-state index is 11.6. The molecule has 0 spiro atoms. The van der Waals surface area contributed by atoms with Gasteiger partial charge in [-0.25, -0.2) is 5.01 Å². The zero-order valence-electron chi connectivity index (χ0n) is 13.7. The summed E-state index contributed by atoms with van der Waals surface area (Å²) in [6.45, 7) is 5.26. The Bertz CT molecular complexity index is 941. The number of fused-ring (bicyclic) bond motifs is 1. The van der Waals surface area contributed by atoms with Gasteiger partial charge in [0.05, 0.1) is 5.69 Å². The van der Waals surface area contributed by atoms with Crippen molar-refractivity contribution < 1.29 is 13.0 Å². The van der Waals surface area contributed by atoms with Gasteiger partial charge >= 0.3 is 0 Å². The first-order valence-electron chi connectivity index (χ1n) is 7.16. The minimum atomic E-state index is -4.35. The molecule has 0 heterocycles. The van der Waals surface area contributed by atoms with E-state index in [9.17, 15) is 13.0 Å². The molecule has 0 saturated carbocycles. The van der Waals surface area contributed by atoms with Crippen molar-refractivity contribution in [3.63, 3.8) is 0 Å². The van der Waals surface area contributed by atoms with Crippen LogP contribution in [-0.4, -0.2) is 18.7 Å². The van der Waals surface area contributed by atoms with Crippen LogP contribution >= 0.6 is 0 Å². The fourth-order valence-electron chi connectivity index (χ4n) is 2.27. The zero-order chi connectivity index (χ0) is 18.1. The Morgan fingerprint density at radius 1 is 1.04 bits per heavy atom. The molecule has 0 bridgehead atoms. The summed E-state index contributed by atoms with van der Waals surface area (Å²) in [6.07, 6.45) is 0. The number of nitrogens with zero attached hydrogens (tertiary/aromatic N) is 2. The van der Waals surface area contributed by atoms with Crippen molar-refractivity contribution in [2.45, 2.75) is 25.7 Å². The summed E-state index contributed by atoms with van der Waals surface area (Å²) in [5.74, 6) is 0.237. The number of nitrogens with two attached hydrogens (primary N) is 2. The summed E-state index contributed by atoms with van der Waals surface area (Å²) in [7, 11) is -4.35. The smallest absolute Gasteiger partial charge is 0.295 e. The van der Waals surface area contributed by atoms with Crippen LogP contribution < -0.4 is 16.5 Å². The fourth-order valence-corrected chi connectivity index (χ4v) is 2.97. The highest BCUT2D eigenvalue weighted by molar-refractivity contribution is 7.86.